The molecule has 3 heteroatoms. The van der Waals surface area contributed by atoms with Gasteiger partial charge in [0, 0.05) is 18.8 Å². The van der Waals surface area contributed by atoms with Crippen LogP contribution < -0.4 is 5.32 Å². The van der Waals surface area contributed by atoms with Crippen molar-refractivity contribution in [3.8, 4) is 0 Å². The highest BCUT2D eigenvalue weighted by Crippen LogP contribution is 2.36. The number of fused-ring (bicyclic) bond motifs is 1. The zero-order valence-corrected chi connectivity index (χ0v) is 9.29. The lowest BCUT2D eigenvalue weighted by molar-refractivity contribution is 0.301. The van der Waals surface area contributed by atoms with Crippen molar-refractivity contribution in [2.75, 3.05) is 6.54 Å². The SMILES string of the molecule is Brc1ccc(C2=C[C@H]3NC[C@H]3C2)cn1. The number of pyridine rings is 1. The third kappa shape index (κ3) is 1.31. The van der Waals surface area contributed by atoms with Crippen molar-refractivity contribution in [2.24, 2.45) is 5.92 Å². The molecule has 1 fully saturated rings. The fourth-order valence-electron chi connectivity index (χ4n) is 2.16. The molecule has 1 N–H and O–H groups in total. The van der Waals surface area contributed by atoms with Crippen LogP contribution in [-0.2, 0) is 0 Å². The molecule has 0 radical (unpaired) electrons. The standard InChI is InChI=1S/C11H11BrN2/c12-11-2-1-7(5-14-11)8-3-9-6-13-10(9)4-8/h1-2,4-5,9-10,13H,3,6H2/t9-,10-/m1/s1. The molecule has 0 aromatic carbocycles. The monoisotopic (exact) mass is 250 g/mol. The first-order valence-electron chi connectivity index (χ1n) is 4.89. The van der Waals surface area contributed by atoms with Crippen LogP contribution >= 0.6 is 15.9 Å². The van der Waals surface area contributed by atoms with E-state index >= 15 is 0 Å². The molecule has 0 spiro atoms. The minimum Gasteiger partial charge on any atom is -0.310 e. The van der Waals surface area contributed by atoms with E-state index in [2.05, 4.69) is 38.4 Å². The Morgan fingerprint density at radius 1 is 1.43 bits per heavy atom. The van der Waals surface area contributed by atoms with Gasteiger partial charge in [-0.3, -0.25) is 0 Å². The van der Waals surface area contributed by atoms with Gasteiger partial charge in [-0.2, -0.15) is 0 Å². The summed E-state index contributed by atoms with van der Waals surface area (Å²) in [6.45, 7) is 1.18. The third-order valence-corrected chi connectivity index (χ3v) is 3.55. The van der Waals surface area contributed by atoms with Crippen molar-refractivity contribution in [1.29, 1.82) is 0 Å². The molecule has 1 saturated heterocycles. The van der Waals surface area contributed by atoms with Gasteiger partial charge in [-0.15, -0.1) is 0 Å². The van der Waals surface area contributed by atoms with Gasteiger partial charge in [-0.1, -0.05) is 12.1 Å². The summed E-state index contributed by atoms with van der Waals surface area (Å²) in [5.41, 5.74) is 2.72. The molecule has 2 nitrogen and oxygen atoms in total. The molecular weight excluding hydrogens is 240 g/mol. The summed E-state index contributed by atoms with van der Waals surface area (Å²) in [6, 6.07) is 4.77. The Kier molecular flexibility index (Phi) is 1.96. The van der Waals surface area contributed by atoms with E-state index in [9.17, 15) is 0 Å². The van der Waals surface area contributed by atoms with E-state index in [0.717, 1.165) is 10.5 Å². The lowest BCUT2D eigenvalue weighted by Crippen LogP contribution is -2.49. The first-order chi connectivity index (χ1) is 6.83. The van der Waals surface area contributed by atoms with Crippen LogP contribution in [0.4, 0.5) is 0 Å². The molecule has 0 saturated carbocycles. The summed E-state index contributed by atoms with van der Waals surface area (Å²) >= 11 is 3.35. The molecule has 1 aromatic rings. The maximum Gasteiger partial charge on any atom is 0.106 e. The average molecular weight is 251 g/mol. The van der Waals surface area contributed by atoms with Crippen molar-refractivity contribution in [3.05, 3.63) is 34.6 Å². The van der Waals surface area contributed by atoms with Crippen molar-refractivity contribution in [3.63, 3.8) is 0 Å². The molecule has 2 aliphatic rings. The Morgan fingerprint density at radius 3 is 2.86 bits per heavy atom. The number of nitrogens with one attached hydrogen (secondary N) is 1. The fraction of sp³-hybridized carbons (Fsp3) is 0.364. The second kappa shape index (κ2) is 3.17. The number of aromatic nitrogens is 1. The van der Waals surface area contributed by atoms with Crippen molar-refractivity contribution >= 4 is 21.5 Å². The van der Waals surface area contributed by atoms with Gasteiger partial charge in [0.1, 0.15) is 4.60 Å². The molecule has 0 bridgehead atoms. The van der Waals surface area contributed by atoms with E-state index in [0.29, 0.717) is 6.04 Å². The van der Waals surface area contributed by atoms with E-state index in [1.54, 1.807) is 0 Å². The van der Waals surface area contributed by atoms with Gasteiger partial charge in [0.25, 0.3) is 0 Å². The van der Waals surface area contributed by atoms with Crippen molar-refractivity contribution in [2.45, 2.75) is 12.5 Å². The highest BCUT2D eigenvalue weighted by molar-refractivity contribution is 9.10. The first-order valence-corrected chi connectivity index (χ1v) is 5.68. The van der Waals surface area contributed by atoms with Gasteiger partial charge in [0.2, 0.25) is 0 Å². The molecule has 14 heavy (non-hydrogen) atoms. The van der Waals surface area contributed by atoms with Gasteiger partial charge in [-0.25, -0.2) is 4.98 Å². The number of hydrogen-bond donors (Lipinski definition) is 1. The molecule has 0 amide bonds. The quantitative estimate of drug-likeness (QED) is 0.774. The van der Waals surface area contributed by atoms with Gasteiger partial charge in [-0.05, 0) is 45.5 Å². The highest BCUT2D eigenvalue weighted by Gasteiger charge is 2.34. The normalized spacial score (nSPS) is 29.4. The predicted octanol–water partition coefficient (Wildman–Crippen LogP) is 2.22. The van der Waals surface area contributed by atoms with Crippen LogP contribution in [0.25, 0.3) is 5.57 Å². The second-order valence-corrected chi connectivity index (χ2v) is 4.77. The van der Waals surface area contributed by atoms with Crippen molar-refractivity contribution < 1.29 is 0 Å². The summed E-state index contributed by atoms with van der Waals surface area (Å²) in [5.74, 6) is 0.841. The molecule has 2 atom stereocenters. The molecule has 3 rings (SSSR count). The van der Waals surface area contributed by atoms with E-state index in [-0.39, 0.29) is 0 Å². The number of allylic oxidation sites excluding steroid dienone is 1. The summed E-state index contributed by atoms with van der Waals surface area (Å²) in [6.07, 6.45) is 5.50. The zero-order valence-electron chi connectivity index (χ0n) is 7.70. The number of nitrogens with zero attached hydrogens (tertiary/aromatic N) is 1. The Morgan fingerprint density at radius 2 is 2.36 bits per heavy atom. The minimum absolute atomic E-state index is 0.633. The molecule has 1 aromatic heterocycles. The Labute approximate surface area is 91.6 Å². The van der Waals surface area contributed by atoms with Crippen LogP contribution in [-0.4, -0.2) is 17.6 Å². The van der Waals surface area contributed by atoms with Gasteiger partial charge >= 0.3 is 0 Å². The summed E-state index contributed by atoms with van der Waals surface area (Å²) in [4.78, 5) is 4.25. The maximum atomic E-state index is 4.25. The second-order valence-electron chi connectivity index (χ2n) is 3.96. The molecule has 1 aliphatic carbocycles. The number of halogens is 1. The molecular formula is C11H11BrN2. The average Bonchev–Trinajstić information content (AvgIpc) is 2.45. The Hall–Kier alpha value is -0.670. The Bertz CT molecular complexity index is 383. The summed E-state index contributed by atoms with van der Waals surface area (Å²) in [5, 5.41) is 3.41. The third-order valence-electron chi connectivity index (χ3n) is 3.08. The van der Waals surface area contributed by atoms with Crippen LogP contribution in [0.1, 0.15) is 12.0 Å². The van der Waals surface area contributed by atoms with Crippen molar-refractivity contribution in [1.82, 2.24) is 10.3 Å². The lowest BCUT2D eigenvalue weighted by Gasteiger charge is -2.31. The number of rotatable bonds is 1. The predicted molar refractivity (Wildman–Crippen MR) is 59.8 cm³/mol. The Balaban J connectivity index is 1.89. The van der Waals surface area contributed by atoms with Crippen LogP contribution in [0.2, 0.25) is 0 Å². The topological polar surface area (TPSA) is 24.9 Å². The van der Waals surface area contributed by atoms with Gasteiger partial charge < -0.3 is 5.32 Å². The van der Waals surface area contributed by atoms with Crippen LogP contribution in [0.5, 0.6) is 0 Å². The van der Waals surface area contributed by atoms with Gasteiger partial charge in [0.05, 0.1) is 0 Å². The smallest absolute Gasteiger partial charge is 0.106 e. The summed E-state index contributed by atoms with van der Waals surface area (Å²) < 4.78 is 0.904. The van der Waals surface area contributed by atoms with Crippen LogP contribution in [0.3, 0.4) is 0 Å². The van der Waals surface area contributed by atoms with Gasteiger partial charge in [0.15, 0.2) is 0 Å². The fourth-order valence-corrected chi connectivity index (χ4v) is 2.40. The van der Waals surface area contributed by atoms with Crippen LogP contribution in [0.15, 0.2) is 29.0 Å². The largest absolute Gasteiger partial charge is 0.310 e. The molecule has 2 heterocycles. The highest BCUT2D eigenvalue weighted by atomic mass is 79.9. The summed E-state index contributed by atoms with van der Waals surface area (Å²) in [7, 11) is 0. The van der Waals surface area contributed by atoms with E-state index in [1.807, 2.05) is 12.3 Å². The molecule has 0 unspecified atom stereocenters. The van der Waals surface area contributed by atoms with Crippen LogP contribution in [0, 0.1) is 5.92 Å². The van der Waals surface area contributed by atoms with E-state index in [4.69, 9.17) is 0 Å². The lowest BCUT2D eigenvalue weighted by atomic mass is 9.94. The molecule has 72 valence electrons. The minimum atomic E-state index is 0.633. The first kappa shape index (κ1) is 8.62. The molecule has 1 aliphatic heterocycles. The maximum absolute atomic E-state index is 4.25. The van der Waals surface area contributed by atoms with E-state index < -0.39 is 0 Å². The zero-order chi connectivity index (χ0) is 9.54. The number of hydrogen-bond acceptors (Lipinski definition) is 2. The van der Waals surface area contributed by atoms with E-state index in [1.165, 1.54) is 24.1 Å².